The quantitative estimate of drug-likeness (QED) is 0.569. The zero-order chi connectivity index (χ0) is 11.9. The van der Waals surface area contributed by atoms with E-state index in [1.165, 1.54) is 0 Å². The zero-order valence-corrected chi connectivity index (χ0v) is 9.92. The number of carbonyl (C=O) groups is 1. The molecule has 0 heterocycles. The Bertz CT molecular complexity index is 192. The fourth-order valence-corrected chi connectivity index (χ4v) is 1.30. The van der Waals surface area contributed by atoms with E-state index in [-0.39, 0.29) is 6.61 Å². The van der Waals surface area contributed by atoms with Crippen molar-refractivity contribution in [2.45, 2.75) is 33.6 Å². The van der Waals surface area contributed by atoms with Crippen molar-refractivity contribution >= 4 is 5.97 Å². The highest BCUT2D eigenvalue weighted by atomic mass is 16.4. The van der Waals surface area contributed by atoms with Gasteiger partial charge in [0.15, 0.2) is 0 Å². The normalized spacial score (nSPS) is 13.9. The highest BCUT2D eigenvalue weighted by Crippen LogP contribution is 2.14. The average Bonchev–Trinajstić information content (AvgIpc) is 2.16. The van der Waals surface area contributed by atoms with Gasteiger partial charge in [-0.2, -0.15) is 0 Å². The fourth-order valence-electron chi connectivity index (χ4n) is 1.30. The predicted molar refractivity (Wildman–Crippen MR) is 59.8 cm³/mol. The van der Waals surface area contributed by atoms with Crippen LogP contribution in [0.25, 0.3) is 0 Å². The van der Waals surface area contributed by atoms with E-state index in [4.69, 9.17) is 10.2 Å². The van der Waals surface area contributed by atoms with E-state index in [0.717, 1.165) is 19.4 Å². The summed E-state index contributed by atoms with van der Waals surface area (Å²) in [6, 6.07) is 0. The molecule has 4 nitrogen and oxygen atoms in total. The molecular formula is C11H23NO3. The van der Waals surface area contributed by atoms with Crippen molar-refractivity contribution in [2.24, 2.45) is 11.3 Å². The van der Waals surface area contributed by atoms with Gasteiger partial charge in [0, 0.05) is 13.2 Å². The van der Waals surface area contributed by atoms with Gasteiger partial charge in [0.1, 0.15) is 0 Å². The molecule has 0 saturated carbocycles. The summed E-state index contributed by atoms with van der Waals surface area (Å²) in [5.41, 5.74) is -0.725. The van der Waals surface area contributed by atoms with Crippen LogP contribution in [0, 0.1) is 11.3 Å². The van der Waals surface area contributed by atoms with Gasteiger partial charge in [-0.3, -0.25) is 4.79 Å². The Hall–Kier alpha value is -0.610. The number of aliphatic hydroxyl groups excluding tert-OH is 1. The second-order valence-corrected chi connectivity index (χ2v) is 4.61. The van der Waals surface area contributed by atoms with E-state index < -0.39 is 11.4 Å². The van der Waals surface area contributed by atoms with Crippen molar-refractivity contribution in [1.82, 2.24) is 5.32 Å². The molecule has 3 N–H and O–H groups in total. The van der Waals surface area contributed by atoms with Gasteiger partial charge in [-0.25, -0.2) is 0 Å². The lowest BCUT2D eigenvalue weighted by molar-refractivity contribution is -0.146. The molecule has 4 heteroatoms. The third kappa shape index (κ3) is 5.74. The summed E-state index contributed by atoms with van der Waals surface area (Å²) >= 11 is 0. The third-order valence-electron chi connectivity index (χ3n) is 2.69. The van der Waals surface area contributed by atoms with E-state index in [9.17, 15) is 4.79 Å². The predicted octanol–water partition coefficient (Wildman–Crippen LogP) is 1.10. The molecule has 0 spiro atoms. The third-order valence-corrected chi connectivity index (χ3v) is 2.69. The smallest absolute Gasteiger partial charge is 0.310 e. The second-order valence-electron chi connectivity index (χ2n) is 4.61. The van der Waals surface area contributed by atoms with E-state index >= 15 is 0 Å². The molecule has 0 radical (unpaired) electrons. The number of hydrogen-bond donors (Lipinski definition) is 3. The van der Waals surface area contributed by atoms with Crippen LogP contribution >= 0.6 is 0 Å². The average molecular weight is 217 g/mol. The first-order valence-corrected chi connectivity index (χ1v) is 5.49. The molecule has 0 amide bonds. The summed E-state index contributed by atoms with van der Waals surface area (Å²) in [6.07, 6.45) is 1.78. The van der Waals surface area contributed by atoms with Crippen molar-refractivity contribution in [3.63, 3.8) is 0 Å². The summed E-state index contributed by atoms with van der Waals surface area (Å²) < 4.78 is 0. The molecule has 0 aliphatic heterocycles. The lowest BCUT2D eigenvalue weighted by Crippen LogP contribution is -2.38. The first-order chi connectivity index (χ1) is 6.94. The molecule has 90 valence electrons. The molecular weight excluding hydrogens is 194 g/mol. The standard InChI is InChI=1S/C11H23NO3/c1-4-9(5-6-13)7-12-8-11(2,3)10(14)15/h9,12-13H,4-8H2,1-3H3,(H,14,15). The maximum Gasteiger partial charge on any atom is 0.310 e. The van der Waals surface area contributed by atoms with Gasteiger partial charge >= 0.3 is 5.97 Å². The van der Waals surface area contributed by atoms with E-state index in [1.807, 2.05) is 0 Å². The van der Waals surface area contributed by atoms with Crippen molar-refractivity contribution in [1.29, 1.82) is 0 Å². The Morgan fingerprint density at radius 3 is 2.47 bits per heavy atom. The molecule has 0 aliphatic rings. The lowest BCUT2D eigenvalue weighted by Gasteiger charge is -2.21. The molecule has 1 unspecified atom stereocenters. The second kappa shape index (κ2) is 6.80. The Morgan fingerprint density at radius 1 is 1.47 bits per heavy atom. The molecule has 15 heavy (non-hydrogen) atoms. The van der Waals surface area contributed by atoms with Crippen LogP contribution in [0.5, 0.6) is 0 Å². The number of carboxylic acid groups (broad SMARTS) is 1. The number of nitrogens with one attached hydrogen (secondary N) is 1. The number of aliphatic hydroxyl groups is 1. The van der Waals surface area contributed by atoms with E-state index in [1.54, 1.807) is 13.8 Å². The number of rotatable bonds is 8. The molecule has 0 aromatic carbocycles. The molecule has 0 aromatic rings. The summed E-state index contributed by atoms with van der Waals surface area (Å²) in [4.78, 5) is 10.8. The highest BCUT2D eigenvalue weighted by Gasteiger charge is 2.26. The van der Waals surface area contributed by atoms with Crippen LogP contribution in [0.4, 0.5) is 0 Å². The Kier molecular flexibility index (Phi) is 6.52. The van der Waals surface area contributed by atoms with E-state index in [0.29, 0.717) is 12.5 Å². The maximum atomic E-state index is 10.8. The van der Waals surface area contributed by atoms with Gasteiger partial charge in [0.2, 0.25) is 0 Å². The first kappa shape index (κ1) is 14.4. The van der Waals surface area contributed by atoms with Crippen molar-refractivity contribution < 1.29 is 15.0 Å². The molecule has 0 aliphatic carbocycles. The Balaban J connectivity index is 3.81. The lowest BCUT2D eigenvalue weighted by atomic mass is 9.93. The summed E-state index contributed by atoms with van der Waals surface area (Å²) in [5, 5.41) is 20.8. The summed E-state index contributed by atoms with van der Waals surface area (Å²) in [5.74, 6) is -0.357. The minimum Gasteiger partial charge on any atom is -0.481 e. The molecule has 0 saturated heterocycles. The molecule has 0 aromatic heterocycles. The zero-order valence-electron chi connectivity index (χ0n) is 9.92. The monoisotopic (exact) mass is 217 g/mol. The summed E-state index contributed by atoms with van der Waals surface area (Å²) in [6.45, 7) is 6.91. The first-order valence-electron chi connectivity index (χ1n) is 5.49. The van der Waals surface area contributed by atoms with Crippen molar-refractivity contribution in [3.05, 3.63) is 0 Å². The SMILES string of the molecule is CCC(CCO)CNCC(C)(C)C(=O)O. The molecule has 0 bridgehead atoms. The number of aliphatic carboxylic acids is 1. The Morgan fingerprint density at radius 2 is 2.07 bits per heavy atom. The molecule has 0 rings (SSSR count). The maximum absolute atomic E-state index is 10.8. The van der Waals surface area contributed by atoms with Gasteiger partial charge in [-0.15, -0.1) is 0 Å². The largest absolute Gasteiger partial charge is 0.481 e. The van der Waals surface area contributed by atoms with Crippen LogP contribution in [0.2, 0.25) is 0 Å². The molecule has 0 fully saturated rings. The highest BCUT2D eigenvalue weighted by molar-refractivity contribution is 5.73. The van der Waals surface area contributed by atoms with Crippen LogP contribution in [0.15, 0.2) is 0 Å². The summed E-state index contributed by atoms with van der Waals surface area (Å²) in [7, 11) is 0. The van der Waals surface area contributed by atoms with Gasteiger partial charge in [-0.05, 0) is 32.7 Å². The fraction of sp³-hybridized carbons (Fsp3) is 0.909. The van der Waals surface area contributed by atoms with Crippen molar-refractivity contribution in [3.8, 4) is 0 Å². The topological polar surface area (TPSA) is 69.6 Å². The van der Waals surface area contributed by atoms with Crippen molar-refractivity contribution in [2.75, 3.05) is 19.7 Å². The van der Waals surface area contributed by atoms with Crippen LogP contribution in [-0.2, 0) is 4.79 Å². The van der Waals surface area contributed by atoms with Gasteiger partial charge < -0.3 is 15.5 Å². The van der Waals surface area contributed by atoms with Gasteiger partial charge in [0.25, 0.3) is 0 Å². The number of carboxylic acids is 1. The minimum atomic E-state index is -0.787. The Labute approximate surface area is 91.7 Å². The van der Waals surface area contributed by atoms with Crippen LogP contribution in [0.3, 0.4) is 0 Å². The van der Waals surface area contributed by atoms with Crippen LogP contribution in [0.1, 0.15) is 33.6 Å². The molecule has 1 atom stereocenters. The van der Waals surface area contributed by atoms with Gasteiger partial charge in [0.05, 0.1) is 5.41 Å². The number of hydrogen-bond acceptors (Lipinski definition) is 3. The van der Waals surface area contributed by atoms with Crippen LogP contribution in [-0.4, -0.2) is 35.9 Å². The van der Waals surface area contributed by atoms with Gasteiger partial charge in [-0.1, -0.05) is 13.3 Å². The van der Waals surface area contributed by atoms with Crippen LogP contribution < -0.4 is 5.32 Å². The van der Waals surface area contributed by atoms with E-state index in [2.05, 4.69) is 12.2 Å². The minimum absolute atomic E-state index is 0.197.